The van der Waals surface area contributed by atoms with Crippen LogP contribution in [0.3, 0.4) is 0 Å². The molecule has 2 aromatic carbocycles. The lowest BCUT2D eigenvalue weighted by molar-refractivity contribution is -0.274. The first kappa shape index (κ1) is 23.2. The molecule has 11 heteroatoms. The van der Waals surface area contributed by atoms with Gasteiger partial charge in [-0.05, 0) is 37.6 Å². The summed E-state index contributed by atoms with van der Waals surface area (Å²) in [6.45, 7) is 3.77. The van der Waals surface area contributed by atoms with Gasteiger partial charge in [0.25, 0.3) is 0 Å². The zero-order valence-corrected chi connectivity index (χ0v) is 16.9. The van der Waals surface area contributed by atoms with Crippen LogP contribution >= 0.6 is 0 Å². The van der Waals surface area contributed by atoms with Gasteiger partial charge in [0.2, 0.25) is 5.95 Å². The van der Waals surface area contributed by atoms with Crippen LogP contribution in [0.4, 0.5) is 43.8 Å². The van der Waals surface area contributed by atoms with Gasteiger partial charge in [0.1, 0.15) is 11.6 Å². The summed E-state index contributed by atoms with van der Waals surface area (Å²) >= 11 is 0. The second kappa shape index (κ2) is 9.33. The van der Waals surface area contributed by atoms with Crippen LogP contribution in [0.1, 0.15) is 20.3 Å². The zero-order chi connectivity index (χ0) is 23.5. The Hall–Kier alpha value is -3.50. The molecule has 0 radical (unpaired) electrons. The van der Waals surface area contributed by atoms with Crippen LogP contribution in [-0.2, 0) is 0 Å². The van der Waals surface area contributed by atoms with Crippen molar-refractivity contribution in [1.29, 1.82) is 0 Å². The van der Waals surface area contributed by atoms with E-state index in [0.29, 0.717) is 6.42 Å². The number of benzene rings is 2. The number of ether oxygens (including phenoxy) is 1. The molecule has 3 aromatic rings. The second-order valence-electron chi connectivity index (χ2n) is 6.84. The van der Waals surface area contributed by atoms with E-state index in [2.05, 4.69) is 25.3 Å². The van der Waals surface area contributed by atoms with Gasteiger partial charge in [-0.1, -0.05) is 19.1 Å². The number of halogens is 6. The Morgan fingerprint density at radius 1 is 1.00 bits per heavy atom. The van der Waals surface area contributed by atoms with E-state index in [1.54, 1.807) is 0 Å². The molecule has 0 spiro atoms. The lowest BCUT2D eigenvalue weighted by Crippen LogP contribution is -2.17. The highest BCUT2D eigenvalue weighted by Gasteiger charge is 2.31. The molecule has 0 amide bonds. The highest BCUT2D eigenvalue weighted by molar-refractivity contribution is 5.68. The Morgan fingerprint density at radius 3 is 2.44 bits per heavy atom. The van der Waals surface area contributed by atoms with Crippen molar-refractivity contribution < 1.29 is 31.1 Å². The van der Waals surface area contributed by atoms with Crippen molar-refractivity contribution in [3.63, 3.8) is 0 Å². The summed E-state index contributed by atoms with van der Waals surface area (Å²) in [5.41, 5.74) is 0.0660. The van der Waals surface area contributed by atoms with Crippen LogP contribution in [0.15, 0.2) is 42.5 Å². The summed E-state index contributed by atoms with van der Waals surface area (Å²) in [5.74, 6) is -4.79. The van der Waals surface area contributed by atoms with Crippen molar-refractivity contribution in [2.45, 2.75) is 32.7 Å². The average molecular weight is 456 g/mol. The Morgan fingerprint density at radius 2 is 1.75 bits per heavy atom. The average Bonchev–Trinajstić information content (AvgIpc) is 2.73. The van der Waals surface area contributed by atoms with Crippen LogP contribution in [0, 0.1) is 17.5 Å². The fraction of sp³-hybridized carbons (Fsp3) is 0.238. The second-order valence-corrected chi connectivity index (χ2v) is 6.84. The molecule has 1 aromatic heterocycles. The van der Waals surface area contributed by atoms with Gasteiger partial charge < -0.3 is 15.4 Å². The first-order valence-corrected chi connectivity index (χ1v) is 9.48. The molecule has 2 N–H and O–H groups in total. The summed E-state index contributed by atoms with van der Waals surface area (Å²) in [6.07, 6.45) is -4.16. The number of hydrogen-bond donors (Lipinski definition) is 2. The molecule has 3 rings (SSSR count). The fourth-order valence-electron chi connectivity index (χ4n) is 2.66. The van der Waals surface area contributed by atoms with Crippen molar-refractivity contribution in [3.05, 3.63) is 59.9 Å². The standard InChI is InChI=1S/C21H18F6N4O/c1-3-11(2)28-20-30-16(12-5-4-6-13(9-12)32-21(25,26)27)10-17(31-20)29-15-8-7-14(22)18(23)19(15)24/h4-11H,3H2,1-2H3,(H2,28,29,30,31)/t11-/m0/s1. The third-order valence-corrected chi connectivity index (χ3v) is 4.38. The minimum atomic E-state index is -4.87. The summed E-state index contributed by atoms with van der Waals surface area (Å²) in [6, 6.07) is 8.13. The predicted molar refractivity (Wildman–Crippen MR) is 107 cm³/mol. The number of anilines is 3. The monoisotopic (exact) mass is 456 g/mol. The number of aromatic nitrogens is 2. The zero-order valence-electron chi connectivity index (χ0n) is 16.9. The van der Waals surface area contributed by atoms with Crippen molar-refractivity contribution in [1.82, 2.24) is 9.97 Å². The van der Waals surface area contributed by atoms with E-state index in [9.17, 15) is 26.3 Å². The van der Waals surface area contributed by atoms with Gasteiger partial charge in [-0.15, -0.1) is 13.2 Å². The number of alkyl halides is 3. The van der Waals surface area contributed by atoms with E-state index in [0.717, 1.165) is 24.3 Å². The highest BCUT2D eigenvalue weighted by Crippen LogP contribution is 2.30. The van der Waals surface area contributed by atoms with E-state index in [4.69, 9.17) is 0 Å². The molecule has 0 fully saturated rings. The maximum Gasteiger partial charge on any atom is 0.573 e. The van der Waals surface area contributed by atoms with Crippen LogP contribution in [0.25, 0.3) is 11.3 Å². The number of nitrogens with zero attached hydrogens (tertiary/aromatic N) is 2. The molecule has 1 atom stereocenters. The molecule has 5 nitrogen and oxygen atoms in total. The van der Waals surface area contributed by atoms with E-state index in [-0.39, 0.29) is 34.8 Å². The maximum absolute atomic E-state index is 14.1. The quantitative estimate of drug-likeness (QED) is 0.318. The molecule has 0 aliphatic rings. The topological polar surface area (TPSA) is 59.1 Å². The van der Waals surface area contributed by atoms with Gasteiger partial charge >= 0.3 is 6.36 Å². The number of rotatable bonds is 7. The van der Waals surface area contributed by atoms with Gasteiger partial charge in [0.05, 0.1) is 11.4 Å². The number of hydrogen-bond acceptors (Lipinski definition) is 5. The Bertz CT molecular complexity index is 1110. The Balaban J connectivity index is 2.02. The molecule has 0 saturated heterocycles. The van der Waals surface area contributed by atoms with E-state index >= 15 is 0 Å². The molecule has 1 heterocycles. The molecule has 0 unspecified atom stereocenters. The van der Waals surface area contributed by atoms with Crippen molar-refractivity contribution in [2.24, 2.45) is 0 Å². The molecule has 0 aliphatic heterocycles. The lowest BCUT2D eigenvalue weighted by atomic mass is 10.1. The Kier molecular flexibility index (Phi) is 6.75. The smallest absolute Gasteiger partial charge is 0.406 e. The normalized spacial score (nSPS) is 12.4. The first-order valence-electron chi connectivity index (χ1n) is 9.48. The first-order chi connectivity index (χ1) is 15.1. The SMILES string of the molecule is CC[C@H](C)Nc1nc(Nc2ccc(F)c(F)c2F)cc(-c2cccc(OC(F)(F)F)c2)n1. The molecular weight excluding hydrogens is 438 g/mol. The molecule has 0 saturated carbocycles. The van der Waals surface area contributed by atoms with E-state index in [1.165, 1.54) is 18.2 Å². The fourth-order valence-corrected chi connectivity index (χ4v) is 2.66. The van der Waals surface area contributed by atoms with Crippen LogP contribution in [0.2, 0.25) is 0 Å². The maximum atomic E-state index is 14.1. The van der Waals surface area contributed by atoms with Gasteiger partial charge in [-0.25, -0.2) is 18.2 Å². The van der Waals surface area contributed by atoms with Crippen molar-refractivity contribution in [2.75, 3.05) is 10.6 Å². The van der Waals surface area contributed by atoms with Crippen LogP contribution < -0.4 is 15.4 Å². The number of nitrogens with one attached hydrogen (secondary N) is 2. The third-order valence-electron chi connectivity index (χ3n) is 4.38. The molecule has 32 heavy (non-hydrogen) atoms. The molecule has 170 valence electrons. The lowest BCUT2D eigenvalue weighted by Gasteiger charge is -2.15. The minimum absolute atomic E-state index is 0.00727. The molecule has 0 aliphatic carbocycles. The van der Waals surface area contributed by atoms with Crippen molar-refractivity contribution >= 4 is 17.5 Å². The van der Waals surface area contributed by atoms with E-state index in [1.807, 2.05) is 13.8 Å². The molecule has 0 bridgehead atoms. The summed E-state index contributed by atoms with van der Waals surface area (Å²) in [5, 5.41) is 5.57. The minimum Gasteiger partial charge on any atom is -0.406 e. The van der Waals surface area contributed by atoms with Gasteiger partial charge in [-0.2, -0.15) is 4.98 Å². The van der Waals surface area contributed by atoms with Gasteiger partial charge in [0, 0.05) is 17.7 Å². The third kappa shape index (κ3) is 5.80. The predicted octanol–water partition coefficient (Wildman–Crippen LogP) is 6.41. The van der Waals surface area contributed by atoms with Crippen molar-refractivity contribution in [3.8, 4) is 17.0 Å². The van der Waals surface area contributed by atoms with Crippen LogP contribution in [0.5, 0.6) is 5.75 Å². The largest absolute Gasteiger partial charge is 0.573 e. The van der Waals surface area contributed by atoms with Gasteiger partial charge in [0.15, 0.2) is 17.5 Å². The van der Waals surface area contributed by atoms with E-state index < -0.39 is 29.6 Å². The summed E-state index contributed by atoms with van der Waals surface area (Å²) in [4.78, 5) is 8.49. The van der Waals surface area contributed by atoms with Gasteiger partial charge in [-0.3, -0.25) is 0 Å². The highest BCUT2D eigenvalue weighted by atomic mass is 19.4. The Labute approximate surface area is 179 Å². The summed E-state index contributed by atoms with van der Waals surface area (Å²) in [7, 11) is 0. The summed E-state index contributed by atoms with van der Waals surface area (Å²) < 4.78 is 82.5. The van der Waals surface area contributed by atoms with Crippen LogP contribution in [-0.4, -0.2) is 22.4 Å². The molecular formula is C21H18F6N4O.